The second kappa shape index (κ2) is 8.98. The summed E-state index contributed by atoms with van der Waals surface area (Å²) in [5, 5.41) is 1.02. The normalized spacial score (nSPS) is 15.1. The molecule has 6 nitrogen and oxygen atoms in total. The summed E-state index contributed by atoms with van der Waals surface area (Å²) in [6.07, 6.45) is 5.69. The highest BCUT2D eigenvalue weighted by Crippen LogP contribution is 2.30. The first-order valence-corrected chi connectivity index (χ1v) is 10.6. The van der Waals surface area contributed by atoms with E-state index < -0.39 is 0 Å². The number of aryl methyl sites for hydroxylation is 1. The monoisotopic (exact) mass is 406 g/mol. The fourth-order valence-corrected chi connectivity index (χ4v) is 4.48. The van der Waals surface area contributed by atoms with E-state index in [1.54, 1.807) is 7.11 Å². The first-order valence-electron chi connectivity index (χ1n) is 10.6. The minimum atomic E-state index is 0.115. The van der Waals surface area contributed by atoms with Crippen LogP contribution in [-0.4, -0.2) is 47.2 Å². The number of methoxy groups -OCH3 is 1. The fourth-order valence-electron chi connectivity index (χ4n) is 4.48. The van der Waals surface area contributed by atoms with Crippen LogP contribution < -0.4 is 5.73 Å². The summed E-state index contributed by atoms with van der Waals surface area (Å²) in [4.78, 5) is 19.9. The molecule has 0 aliphatic carbocycles. The van der Waals surface area contributed by atoms with E-state index in [1.807, 2.05) is 35.5 Å². The molecule has 158 valence electrons. The quantitative estimate of drug-likeness (QED) is 0.680. The molecule has 1 aliphatic heterocycles. The molecule has 3 heterocycles. The summed E-state index contributed by atoms with van der Waals surface area (Å²) in [5.74, 6) is 0.495. The van der Waals surface area contributed by atoms with Crippen molar-refractivity contribution in [2.45, 2.75) is 38.8 Å². The molecule has 3 aromatic rings. The first kappa shape index (κ1) is 20.6. The van der Waals surface area contributed by atoms with Gasteiger partial charge >= 0.3 is 0 Å². The third-order valence-corrected chi connectivity index (χ3v) is 6.15. The number of ether oxygens (including phenoxy) is 1. The number of fused-ring (bicyclic) bond motifs is 1. The zero-order chi connectivity index (χ0) is 21.1. The molecule has 1 fully saturated rings. The first-order chi connectivity index (χ1) is 14.6. The van der Waals surface area contributed by atoms with Crippen molar-refractivity contribution in [3.8, 4) is 0 Å². The van der Waals surface area contributed by atoms with Gasteiger partial charge in [0.05, 0.1) is 17.7 Å². The van der Waals surface area contributed by atoms with Gasteiger partial charge in [-0.2, -0.15) is 0 Å². The van der Waals surface area contributed by atoms with Gasteiger partial charge in [0.15, 0.2) is 0 Å². The number of carbonyl (C=O) groups is 1. The molecule has 2 aromatic heterocycles. The van der Waals surface area contributed by atoms with Gasteiger partial charge in [-0.15, -0.1) is 0 Å². The van der Waals surface area contributed by atoms with E-state index in [9.17, 15) is 4.79 Å². The van der Waals surface area contributed by atoms with Gasteiger partial charge in [0.2, 0.25) is 0 Å². The van der Waals surface area contributed by atoms with E-state index in [-0.39, 0.29) is 5.91 Å². The van der Waals surface area contributed by atoms with Crippen LogP contribution >= 0.6 is 0 Å². The molecular weight excluding hydrogens is 376 g/mol. The molecule has 0 unspecified atom stereocenters. The van der Waals surface area contributed by atoms with Crippen LogP contribution in [0.15, 0.2) is 42.7 Å². The third kappa shape index (κ3) is 3.98. The summed E-state index contributed by atoms with van der Waals surface area (Å²) in [7, 11) is 1.70. The van der Waals surface area contributed by atoms with Crippen molar-refractivity contribution in [1.29, 1.82) is 0 Å². The van der Waals surface area contributed by atoms with E-state index in [1.165, 1.54) is 5.56 Å². The molecule has 1 aliphatic rings. The van der Waals surface area contributed by atoms with Crippen LogP contribution in [0.1, 0.15) is 45.9 Å². The third-order valence-electron chi connectivity index (χ3n) is 6.15. The van der Waals surface area contributed by atoms with E-state index in [0.717, 1.165) is 60.2 Å². The number of aromatic nitrogens is 2. The Kier molecular flexibility index (Phi) is 6.16. The fraction of sp³-hybridized carbons (Fsp3) is 0.417. The standard InChI is InChI=1S/C24H30N4O2/c1-17-4-3-5-20-21(16-28(23(17)20)12-13-30-2)24(29)27-10-7-19(8-11-27)22-14-18(15-25)6-9-26-22/h3-6,9,14,16,19H,7-8,10-13,15,25H2,1-2H3. The van der Waals surface area contributed by atoms with Crippen molar-refractivity contribution < 1.29 is 9.53 Å². The summed E-state index contributed by atoms with van der Waals surface area (Å²) in [6.45, 7) is 5.46. The zero-order valence-electron chi connectivity index (χ0n) is 17.8. The van der Waals surface area contributed by atoms with Crippen LogP contribution in [0, 0.1) is 6.92 Å². The average Bonchev–Trinajstić information content (AvgIpc) is 3.17. The minimum absolute atomic E-state index is 0.115. The van der Waals surface area contributed by atoms with Gasteiger partial charge in [0.25, 0.3) is 5.91 Å². The number of carbonyl (C=O) groups excluding carboxylic acids is 1. The van der Waals surface area contributed by atoms with Gasteiger partial charge in [-0.05, 0) is 43.0 Å². The molecule has 4 rings (SSSR count). The lowest BCUT2D eigenvalue weighted by molar-refractivity contribution is 0.0713. The zero-order valence-corrected chi connectivity index (χ0v) is 17.8. The number of hydrogen-bond donors (Lipinski definition) is 1. The number of nitrogens with two attached hydrogens (primary N) is 1. The predicted octanol–water partition coefficient (Wildman–Crippen LogP) is 3.47. The van der Waals surface area contributed by atoms with Gasteiger partial charge in [-0.25, -0.2) is 0 Å². The van der Waals surface area contributed by atoms with Crippen molar-refractivity contribution >= 4 is 16.8 Å². The largest absolute Gasteiger partial charge is 0.383 e. The second-order valence-corrected chi connectivity index (χ2v) is 8.06. The van der Waals surface area contributed by atoms with Crippen molar-refractivity contribution in [3.63, 3.8) is 0 Å². The number of para-hydroxylation sites is 1. The Labute approximate surface area is 177 Å². The number of amides is 1. The maximum atomic E-state index is 13.4. The van der Waals surface area contributed by atoms with Crippen molar-refractivity contribution in [3.05, 3.63) is 65.1 Å². The summed E-state index contributed by atoms with van der Waals surface area (Å²) in [6, 6.07) is 10.2. The Hall–Kier alpha value is -2.70. The molecule has 2 N–H and O–H groups in total. The molecule has 1 saturated heterocycles. The highest BCUT2D eigenvalue weighted by Gasteiger charge is 2.27. The van der Waals surface area contributed by atoms with E-state index >= 15 is 0 Å². The Morgan fingerprint density at radius 3 is 2.80 bits per heavy atom. The lowest BCUT2D eigenvalue weighted by Crippen LogP contribution is -2.38. The number of likely N-dealkylation sites (tertiary alicyclic amines) is 1. The van der Waals surface area contributed by atoms with Crippen molar-refractivity contribution in [2.75, 3.05) is 26.8 Å². The average molecular weight is 407 g/mol. The smallest absolute Gasteiger partial charge is 0.256 e. The number of nitrogens with zero attached hydrogens (tertiary/aromatic N) is 3. The number of pyridine rings is 1. The summed E-state index contributed by atoms with van der Waals surface area (Å²) >= 11 is 0. The maximum Gasteiger partial charge on any atom is 0.256 e. The summed E-state index contributed by atoms with van der Waals surface area (Å²) < 4.78 is 7.41. The Bertz CT molecular complexity index is 1030. The molecule has 0 spiro atoms. The molecular formula is C24H30N4O2. The Balaban J connectivity index is 1.53. The Morgan fingerprint density at radius 2 is 2.07 bits per heavy atom. The molecule has 0 bridgehead atoms. The van der Waals surface area contributed by atoms with E-state index in [2.05, 4.69) is 28.6 Å². The molecule has 0 atom stereocenters. The van der Waals surface area contributed by atoms with E-state index in [4.69, 9.17) is 10.5 Å². The lowest BCUT2D eigenvalue weighted by atomic mass is 9.92. The SMILES string of the molecule is COCCn1cc(C(=O)N2CCC(c3cc(CN)ccn3)CC2)c2cccc(C)c21. The van der Waals surface area contributed by atoms with Crippen molar-refractivity contribution in [2.24, 2.45) is 5.73 Å². The number of piperidine rings is 1. The number of hydrogen-bond acceptors (Lipinski definition) is 4. The molecule has 1 amide bonds. The minimum Gasteiger partial charge on any atom is -0.383 e. The van der Waals surface area contributed by atoms with Gasteiger partial charge in [0, 0.05) is 62.7 Å². The van der Waals surface area contributed by atoms with Gasteiger partial charge < -0.3 is 19.9 Å². The van der Waals surface area contributed by atoms with Gasteiger partial charge in [-0.1, -0.05) is 18.2 Å². The Morgan fingerprint density at radius 1 is 1.27 bits per heavy atom. The van der Waals surface area contributed by atoms with Gasteiger partial charge in [0.1, 0.15) is 0 Å². The van der Waals surface area contributed by atoms with Gasteiger partial charge in [-0.3, -0.25) is 9.78 Å². The molecule has 0 saturated carbocycles. The van der Waals surface area contributed by atoms with Crippen LogP contribution in [-0.2, 0) is 17.8 Å². The van der Waals surface area contributed by atoms with Crippen LogP contribution in [0.4, 0.5) is 0 Å². The molecule has 0 radical (unpaired) electrons. The predicted molar refractivity (Wildman–Crippen MR) is 119 cm³/mol. The highest BCUT2D eigenvalue weighted by atomic mass is 16.5. The van der Waals surface area contributed by atoms with Crippen LogP contribution in [0.5, 0.6) is 0 Å². The highest BCUT2D eigenvalue weighted by molar-refractivity contribution is 6.07. The summed E-state index contributed by atoms with van der Waals surface area (Å²) in [5.41, 5.74) is 11.1. The maximum absolute atomic E-state index is 13.4. The number of benzene rings is 1. The molecule has 1 aromatic carbocycles. The number of rotatable bonds is 6. The second-order valence-electron chi connectivity index (χ2n) is 8.06. The van der Waals surface area contributed by atoms with Crippen LogP contribution in [0.2, 0.25) is 0 Å². The topological polar surface area (TPSA) is 73.4 Å². The lowest BCUT2D eigenvalue weighted by Gasteiger charge is -2.31. The van der Waals surface area contributed by atoms with Crippen LogP contribution in [0.25, 0.3) is 10.9 Å². The van der Waals surface area contributed by atoms with Crippen LogP contribution in [0.3, 0.4) is 0 Å². The van der Waals surface area contributed by atoms with Crippen molar-refractivity contribution in [1.82, 2.24) is 14.5 Å². The molecule has 30 heavy (non-hydrogen) atoms. The van der Waals surface area contributed by atoms with E-state index in [0.29, 0.717) is 19.1 Å². The molecule has 6 heteroatoms.